The molecular weight excluding hydrogens is 234 g/mol. The zero-order valence-corrected chi connectivity index (χ0v) is 11.3. The Hall–Kier alpha value is -1.80. The van der Waals surface area contributed by atoms with Crippen molar-refractivity contribution in [1.82, 2.24) is 0 Å². The van der Waals surface area contributed by atoms with E-state index in [-0.39, 0.29) is 0 Å². The van der Waals surface area contributed by atoms with E-state index in [0.29, 0.717) is 0 Å². The molecule has 0 spiro atoms. The molecule has 1 aliphatic rings. The third-order valence-corrected chi connectivity index (χ3v) is 3.70. The van der Waals surface area contributed by atoms with Crippen LogP contribution < -0.4 is 5.32 Å². The van der Waals surface area contributed by atoms with E-state index < -0.39 is 0 Å². The van der Waals surface area contributed by atoms with Gasteiger partial charge in [-0.3, -0.25) is 0 Å². The second-order valence-corrected chi connectivity index (χ2v) is 4.99. The first kappa shape index (κ1) is 12.2. The van der Waals surface area contributed by atoms with Crippen LogP contribution in [0.1, 0.15) is 11.1 Å². The molecule has 3 rings (SSSR count). The Morgan fingerprint density at radius 3 is 2.63 bits per heavy atom. The van der Waals surface area contributed by atoms with E-state index in [9.17, 15) is 0 Å². The molecule has 2 aromatic carbocycles. The summed E-state index contributed by atoms with van der Waals surface area (Å²) >= 11 is 0. The highest BCUT2D eigenvalue weighted by Crippen LogP contribution is 2.28. The van der Waals surface area contributed by atoms with Crippen molar-refractivity contribution < 1.29 is 4.74 Å². The quantitative estimate of drug-likeness (QED) is 0.900. The minimum absolute atomic E-state index is 0.782. The van der Waals surface area contributed by atoms with E-state index in [0.717, 1.165) is 26.0 Å². The number of anilines is 1. The van der Waals surface area contributed by atoms with Crippen molar-refractivity contribution in [1.29, 1.82) is 0 Å². The molecule has 0 saturated heterocycles. The molecule has 0 radical (unpaired) electrons. The Labute approximate surface area is 114 Å². The minimum Gasteiger partial charge on any atom is -0.384 e. The smallest absolute Gasteiger partial charge is 0.0502 e. The lowest BCUT2D eigenvalue weighted by atomic mass is 10.00. The maximum Gasteiger partial charge on any atom is 0.0502 e. The summed E-state index contributed by atoms with van der Waals surface area (Å²) in [6, 6.07) is 15.5. The topological polar surface area (TPSA) is 21.3 Å². The molecule has 1 heterocycles. The molecule has 0 amide bonds. The lowest BCUT2D eigenvalue weighted by molar-refractivity contribution is 0.202. The lowest BCUT2D eigenvalue weighted by Gasteiger charge is -2.06. The molecule has 0 saturated carbocycles. The minimum atomic E-state index is 0.782. The van der Waals surface area contributed by atoms with Crippen molar-refractivity contribution in [2.75, 3.05) is 25.6 Å². The average Bonchev–Trinajstić information content (AvgIpc) is 2.93. The van der Waals surface area contributed by atoms with Gasteiger partial charge in [-0.05, 0) is 47.2 Å². The number of benzene rings is 2. The summed E-state index contributed by atoms with van der Waals surface area (Å²) in [7, 11) is 1.74. The SMILES string of the molecule is COCCc1ccc(-c2ccc3c(c2)CCN3)cc1. The molecule has 0 atom stereocenters. The highest BCUT2D eigenvalue weighted by atomic mass is 16.5. The monoisotopic (exact) mass is 253 g/mol. The molecule has 0 unspecified atom stereocenters. The Morgan fingerprint density at radius 2 is 1.84 bits per heavy atom. The van der Waals surface area contributed by atoms with Crippen LogP contribution in [0.4, 0.5) is 5.69 Å². The van der Waals surface area contributed by atoms with Gasteiger partial charge in [0.05, 0.1) is 6.61 Å². The van der Waals surface area contributed by atoms with Crippen LogP contribution in [0, 0.1) is 0 Å². The Balaban J connectivity index is 1.82. The number of methoxy groups -OCH3 is 1. The van der Waals surface area contributed by atoms with Crippen molar-refractivity contribution in [2.45, 2.75) is 12.8 Å². The fraction of sp³-hybridized carbons (Fsp3) is 0.294. The maximum atomic E-state index is 5.10. The first-order chi connectivity index (χ1) is 9.36. The zero-order valence-electron chi connectivity index (χ0n) is 11.3. The van der Waals surface area contributed by atoms with Crippen molar-refractivity contribution in [2.24, 2.45) is 0 Å². The van der Waals surface area contributed by atoms with Crippen LogP contribution in [0.25, 0.3) is 11.1 Å². The molecule has 2 aromatic rings. The van der Waals surface area contributed by atoms with E-state index in [1.54, 1.807) is 7.11 Å². The number of ether oxygens (including phenoxy) is 1. The standard InChI is InChI=1S/C17H19NO/c1-19-11-9-13-2-4-14(5-3-13)15-6-7-17-16(12-15)8-10-18-17/h2-7,12,18H,8-11H2,1H3. The number of hydrogen-bond donors (Lipinski definition) is 1. The Morgan fingerprint density at radius 1 is 1.05 bits per heavy atom. The molecule has 98 valence electrons. The van der Waals surface area contributed by atoms with Gasteiger partial charge < -0.3 is 10.1 Å². The summed E-state index contributed by atoms with van der Waals surface area (Å²) in [5.74, 6) is 0. The predicted molar refractivity (Wildman–Crippen MR) is 79.7 cm³/mol. The number of fused-ring (bicyclic) bond motifs is 1. The van der Waals surface area contributed by atoms with Gasteiger partial charge in [-0.2, -0.15) is 0 Å². The van der Waals surface area contributed by atoms with Gasteiger partial charge in [0.1, 0.15) is 0 Å². The fourth-order valence-corrected chi connectivity index (χ4v) is 2.57. The fourth-order valence-electron chi connectivity index (χ4n) is 2.57. The van der Waals surface area contributed by atoms with Gasteiger partial charge in [0, 0.05) is 19.3 Å². The van der Waals surface area contributed by atoms with E-state index in [2.05, 4.69) is 47.8 Å². The third kappa shape index (κ3) is 2.64. The first-order valence-corrected chi connectivity index (χ1v) is 6.82. The van der Waals surface area contributed by atoms with Crippen LogP contribution >= 0.6 is 0 Å². The van der Waals surface area contributed by atoms with Gasteiger partial charge in [-0.25, -0.2) is 0 Å². The highest BCUT2D eigenvalue weighted by Gasteiger charge is 2.10. The molecule has 0 fully saturated rings. The molecule has 2 heteroatoms. The van der Waals surface area contributed by atoms with Crippen LogP contribution in [0.2, 0.25) is 0 Å². The zero-order chi connectivity index (χ0) is 13.1. The third-order valence-electron chi connectivity index (χ3n) is 3.70. The first-order valence-electron chi connectivity index (χ1n) is 6.82. The average molecular weight is 253 g/mol. The van der Waals surface area contributed by atoms with E-state index in [1.165, 1.54) is 27.9 Å². The lowest BCUT2D eigenvalue weighted by Crippen LogP contribution is -1.93. The van der Waals surface area contributed by atoms with Crippen LogP contribution in [-0.4, -0.2) is 20.3 Å². The van der Waals surface area contributed by atoms with Gasteiger partial charge in [0.2, 0.25) is 0 Å². The summed E-state index contributed by atoms with van der Waals surface area (Å²) in [4.78, 5) is 0. The predicted octanol–water partition coefficient (Wildman–Crippen LogP) is 3.51. The van der Waals surface area contributed by atoms with Crippen LogP contribution in [-0.2, 0) is 17.6 Å². The molecule has 0 bridgehead atoms. The number of nitrogens with one attached hydrogen (secondary N) is 1. The van der Waals surface area contributed by atoms with Gasteiger partial charge in [-0.15, -0.1) is 0 Å². The summed E-state index contributed by atoms with van der Waals surface area (Å²) < 4.78 is 5.10. The number of hydrogen-bond acceptors (Lipinski definition) is 2. The summed E-state index contributed by atoms with van der Waals surface area (Å²) in [5.41, 5.74) is 6.64. The van der Waals surface area contributed by atoms with Crippen LogP contribution in [0.5, 0.6) is 0 Å². The van der Waals surface area contributed by atoms with E-state index in [4.69, 9.17) is 4.74 Å². The summed E-state index contributed by atoms with van der Waals surface area (Å²) in [6.07, 6.45) is 2.11. The van der Waals surface area contributed by atoms with Crippen molar-refractivity contribution in [3.05, 3.63) is 53.6 Å². The summed E-state index contributed by atoms with van der Waals surface area (Å²) in [5, 5.41) is 3.40. The van der Waals surface area contributed by atoms with Gasteiger partial charge in [-0.1, -0.05) is 30.3 Å². The number of rotatable bonds is 4. The van der Waals surface area contributed by atoms with Crippen molar-refractivity contribution >= 4 is 5.69 Å². The molecule has 19 heavy (non-hydrogen) atoms. The van der Waals surface area contributed by atoms with E-state index in [1.807, 2.05) is 0 Å². The second-order valence-electron chi connectivity index (χ2n) is 4.99. The molecule has 0 aromatic heterocycles. The van der Waals surface area contributed by atoms with Crippen LogP contribution in [0.15, 0.2) is 42.5 Å². The van der Waals surface area contributed by atoms with Gasteiger partial charge in [0.25, 0.3) is 0 Å². The largest absolute Gasteiger partial charge is 0.384 e. The van der Waals surface area contributed by atoms with Gasteiger partial charge in [0.15, 0.2) is 0 Å². The Kier molecular flexibility index (Phi) is 3.51. The second kappa shape index (κ2) is 5.45. The molecular formula is C17H19NO. The van der Waals surface area contributed by atoms with Gasteiger partial charge >= 0.3 is 0 Å². The summed E-state index contributed by atoms with van der Waals surface area (Å²) in [6.45, 7) is 1.85. The molecule has 1 N–H and O–H groups in total. The molecule has 2 nitrogen and oxygen atoms in total. The van der Waals surface area contributed by atoms with Crippen molar-refractivity contribution in [3.8, 4) is 11.1 Å². The maximum absolute atomic E-state index is 5.10. The van der Waals surface area contributed by atoms with E-state index >= 15 is 0 Å². The van der Waals surface area contributed by atoms with Crippen molar-refractivity contribution in [3.63, 3.8) is 0 Å². The highest BCUT2D eigenvalue weighted by molar-refractivity contribution is 5.70. The molecule has 1 aliphatic heterocycles. The van der Waals surface area contributed by atoms with Crippen LogP contribution in [0.3, 0.4) is 0 Å². The Bertz CT molecular complexity index is 560. The molecule has 0 aliphatic carbocycles. The normalized spacial score (nSPS) is 13.1.